The van der Waals surface area contributed by atoms with Crippen LogP contribution in [0.2, 0.25) is 0 Å². The van der Waals surface area contributed by atoms with E-state index >= 15 is 0 Å². The van der Waals surface area contributed by atoms with Gasteiger partial charge in [-0.3, -0.25) is 4.79 Å². The fourth-order valence-corrected chi connectivity index (χ4v) is 3.54. The number of fused-ring (bicyclic) bond motifs is 1. The summed E-state index contributed by atoms with van der Waals surface area (Å²) in [5.41, 5.74) is 10.7. The standard InChI is InChI=1S/C23H24F3N3O4/c24-23(25,26)13-29-17-8-4-9-19(30)21(17)20(31)12-18(29)14-5-3-6-15(11-14)33-22(32)16(28)7-1-2-10-27/h3-6,8-9,11-12,16,30H,1-2,7,10,13,27-28H2/t16-/m0/s1. The van der Waals surface area contributed by atoms with E-state index in [-0.39, 0.29) is 27.9 Å². The average molecular weight is 463 g/mol. The number of rotatable bonds is 8. The molecule has 3 rings (SSSR count). The number of aromatic nitrogens is 1. The summed E-state index contributed by atoms with van der Waals surface area (Å²) in [7, 11) is 0. The van der Waals surface area contributed by atoms with E-state index < -0.39 is 35.9 Å². The quantitative estimate of drug-likeness (QED) is 0.268. The zero-order valence-corrected chi connectivity index (χ0v) is 17.6. The number of halogens is 3. The molecule has 1 heterocycles. The summed E-state index contributed by atoms with van der Waals surface area (Å²) in [6, 6.07) is 9.89. The molecule has 1 aromatic heterocycles. The first-order chi connectivity index (χ1) is 15.6. The van der Waals surface area contributed by atoms with Crippen LogP contribution in [0.5, 0.6) is 11.5 Å². The Bertz CT molecular complexity index is 1210. The lowest BCUT2D eigenvalue weighted by molar-refractivity contribution is -0.139. The lowest BCUT2D eigenvalue weighted by atomic mass is 10.1. The minimum absolute atomic E-state index is 0.0411. The van der Waals surface area contributed by atoms with Gasteiger partial charge in [-0.05, 0) is 43.7 Å². The van der Waals surface area contributed by atoms with Crippen LogP contribution in [-0.4, -0.2) is 34.4 Å². The molecule has 176 valence electrons. The van der Waals surface area contributed by atoms with E-state index in [4.69, 9.17) is 16.2 Å². The Hall–Kier alpha value is -3.37. The number of pyridine rings is 1. The first-order valence-electron chi connectivity index (χ1n) is 10.3. The predicted octanol–water partition coefficient (Wildman–Crippen LogP) is 3.30. The van der Waals surface area contributed by atoms with Crippen molar-refractivity contribution in [1.82, 2.24) is 4.57 Å². The van der Waals surface area contributed by atoms with Crippen molar-refractivity contribution in [2.75, 3.05) is 6.54 Å². The molecule has 0 aliphatic rings. The first kappa shape index (κ1) is 24.3. The number of phenols is 1. The van der Waals surface area contributed by atoms with Crippen LogP contribution in [0.4, 0.5) is 13.2 Å². The summed E-state index contributed by atoms with van der Waals surface area (Å²) in [5, 5.41) is 9.83. The van der Waals surface area contributed by atoms with Crippen molar-refractivity contribution >= 4 is 16.9 Å². The van der Waals surface area contributed by atoms with Crippen LogP contribution in [0.3, 0.4) is 0 Å². The molecule has 1 atom stereocenters. The Morgan fingerprint density at radius 3 is 2.55 bits per heavy atom. The van der Waals surface area contributed by atoms with Gasteiger partial charge >= 0.3 is 12.1 Å². The van der Waals surface area contributed by atoms with Crippen molar-refractivity contribution in [2.24, 2.45) is 11.5 Å². The molecule has 0 saturated heterocycles. The second-order valence-corrected chi connectivity index (χ2v) is 7.61. The maximum absolute atomic E-state index is 13.4. The van der Waals surface area contributed by atoms with E-state index in [1.807, 2.05) is 0 Å². The number of nitrogens with zero attached hydrogens (tertiary/aromatic N) is 1. The Kier molecular flexibility index (Phi) is 7.39. The van der Waals surface area contributed by atoms with E-state index in [0.717, 1.165) is 10.6 Å². The molecule has 0 unspecified atom stereocenters. The molecular formula is C23H24F3N3O4. The third-order valence-corrected chi connectivity index (χ3v) is 5.07. The minimum atomic E-state index is -4.59. The van der Waals surface area contributed by atoms with E-state index in [9.17, 15) is 27.9 Å². The molecule has 7 nitrogen and oxygen atoms in total. The van der Waals surface area contributed by atoms with Gasteiger partial charge in [0.15, 0.2) is 5.43 Å². The third-order valence-electron chi connectivity index (χ3n) is 5.07. The van der Waals surface area contributed by atoms with Crippen LogP contribution in [-0.2, 0) is 11.3 Å². The van der Waals surface area contributed by atoms with Crippen LogP contribution in [0.15, 0.2) is 53.3 Å². The summed E-state index contributed by atoms with van der Waals surface area (Å²) in [6.45, 7) is -0.911. The number of hydrogen-bond donors (Lipinski definition) is 3. The van der Waals surface area contributed by atoms with Crippen LogP contribution < -0.4 is 21.6 Å². The number of unbranched alkanes of at least 4 members (excludes halogenated alkanes) is 1. The van der Waals surface area contributed by atoms with Gasteiger partial charge in [-0.25, -0.2) is 4.79 Å². The molecule has 0 spiro atoms. The van der Waals surface area contributed by atoms with Gasteiger partial charge in [0.2, 0.25) is 0 Å². The highest BCUT2D eigenvalue weighted by atomic mass is 19.4. The average Bonchev–Trinajstić information content (AvgIpc) is 2.75. The van der Waals surface area contributed by atoms with Gasteiger partial charge in [-0.15, -0.1) is 0 Å². The molecule has 0 amide bonds. The maximum atomic E-state index is 13.4. The Morgan fingerprint density at radius 2 is 1.85 bits per heavy atom. The second kappa shape index (κ2) is 10.1. The molecule has 0 saturated carbocycles. The van der Waals surface area contributed by atoms with Gasteiger partial charge in [0.05, 0.1) is 16.6 Å². The molecule has 33 heavy (non-hydrogen) atoms. The molecule has 3 aromatic rings. The summed E-state index contributed by atoms with van der Waals surface area (Å²) in [6.07, 6.45) is -2.84. The number of hydrogen-bond acceptors (Lipinski definition) is 6. The minimum Gasteiger partial charge on any atom is -0.507 e. The van der Waals surface area contributed by atoms with Crippen molar-refractivity contribution in [1.29, 1.82) is 0 Å². The monoisotopic (exact) mass is 463 g/mol. The van der Waals surface area contributed by atoms with Crippen molar-refractivity contribution in [3.05, 3.63) is 58.8 Å². The fourth-order valence-electron chi connectivity index (χ4n) is 3.54. The van der Waals surface area contributed by atoms with Gasteiger partial charge < -0.3 is 25.9 Å². The lowest BCUT2D eigenvalue weighted by Crippen LogP contribution is -2.34. The van der Waals surface area contributed by atoms with Crippen molar-refractivity contribution < 1.29 is 27.8 Å². The first-order valence-corrected chi connectivity index (χ1v) is 10.3. The van der Waals surface area contributed by atoms with Crippen LogP contribution in [0.1, 0.15) is 19.3 Å². The number of alkyl halides is 3. The highest BCUT2D eigenvalue weighted by Crippen LogP contribution is 2.31. The van der Waals surface area contributed by atoms with E-state index in [1.165, 1.54) is 42.5 Å². The molecule has 0 aliphatic heterocycles. The molecule has 2 aromatic carbocycles. The van der Waals surface area contributed by atoms with E-state index in [1.54, 1.807) is 0 Å². The Balaban J connectivity index is 2.02. The van der Waals surface area contributed by atoms with Crippen molar-refractivity contribution in [3.63, 3.8) is 0 Å². The number of phenolic OH excluding ortho intramolecular Hbond substituents is 1. The molecule has 0 bridgehead atoms. The van der Waals surface area contributed by atoms with Gasteiger partial charge in [-0.2, -0.15) is 13.2 Å². The van der Waals surface area contributed by atoms with Crippen LogP contribution in [0, 0.1) is 0 Å². The second-order valence-electron chi connectivity index (χ2n) is 7.61. The zero-order valence-electron chi connectivity index (χ0n) is 17.6. The zero-order chi connectivity index (χ0) is 24.2. The summed E-state index contributed by atoms with van der Waals surface area (Å²) < 4.78 is 46.3. The number of nitrogens with two attached hydrogens (primary N) is 2. The van der Waals surface area contributed by atoms with Gasteiger partial charge in [-0.1, -0.05) is 24.6 Å². The maximum Gasteiger partial charge on any atom is 0.406 e. The van der Waals surface area contributed by atoms with Crippen LogP contribution >= 0.6 is 0 Å². The highest BCUT2D eigenvalue weighted by molar-refractivity contribution is 5.88. The normalized spacial score (nSPS) is 12.6. The topological polar surface area (TPSA) is 121 Å². The van der Waals surface area contributed by atoms with Crippen LogP contribution in [0.25, 0.3) is 22.2 Å². The summed E-state index contributed by atoms with van der Waals surface area (Å²) in [4.78, 5) is 24.9. The fraction of sp³-hybridized carbons (Fsp3) is 0.304. The summed E-state index contributed by atoms with van der Waals surface area (Å²) >= 11 is 0. The van der Waals surface area contributed by atoms with Gasteiger partial charge in [0.25, 0.3) is 0 Å². The predicted molar refractivity (Wildman–Crippen MR) is 118 cm³/mol. The number of carbonyl (C=O) groups is 1. The number of ether oxygens (including phenoxy) is 1. The molecule has 0 aliphatic carbocycles. The molecule has 5 N–H and O–H groups in total. The molecular weight excluding hydrogens is 439 g/mol. The number of aromatic hydroxyl groups is 1. The van der Waals surface area contributed by atoms with Gasteiger partial charge in [0, 0.05) is 11.6 Å². The molecule has 10 heteroatoms. The number of carbonyl (C=O) groups excluding carboxylic acids is 1. The summed E-state index contributed by atoms with van der Waals surface area (Å²) in [5.74, 6) is -1.01. The number of benzene rings is 2. The smallest absolute Gasteiger partial charge is 0.406 e. The molecule has 0 radical (unpaired) electrons. The Morgan fingerprint density at radius 1 is 1.12 bits per heavy atom. The Labute approximate surface area is 187 Å². The highest BCUT2D eigenvalue weighted by Gasteiger charge is 2.30. The van der Waals surface area contributed by atoms with Crippen molar-refractivity contribution in [3.8, 4) is 22.8 Å². The largest absolute Gasteiger partial charge is 0.507 e. The molecule has 0 fully saturated rings. The van der Waals surface area contributed by atoms with E-state index in [2.05, 4.69) is 0 Å². The van der Waals surface area contributed by atoms with Crippen molar-refractivity contribution in [2.45, 2.75) is 38.0 Å². The third kappa shape index (κ3) is 5.91. The lowest BCUT2D eigenvalue weighted by Gasteiger charge is -2.19. The number of esters is 1. The van der Waals surface area contributed by atoms with Gasteiger partial charge in [0.1, 0.15) is 24.1 Å². The SMILES string of the molecule is NCCCC[C@H](N)C(=O)Oc1cccc(-c2cc(=O)c3c(O)cccc3n2CC(F)(F)F)c1. The van der Waals surface area contributed by atoms with E-state index in [0.29, 0.717) is 25.8 Å².